The predicted molar refractivity (Wildman–Crippen MR) is 105 cm³/mol. The molecule has 0 saturated heterocycles. The van der Waals surface area contributed by atoms with Gasteiger partial charge in [0.25, 0.3) is 0 Å². The maximum absolute atomic E-state index is 11.7. The Bertz CT molecular complexity index is 1090. The van der Waals surface area contributed by atoms with E-state index in [9.17, 15) is 9.90 Å². The standard InChI is InChI=1S/C22H16N2O2S/c25-21(26)20(16-11-5-2-6-12-16)27-22-23-18-14-8-7-13-17(18)19(24-22)15-9-3-1-4-10-15/h1-14,20H,(H,25,26)/p-1/t20-/m0/s1. The topological polar surface area (TPSA) is 65.9 Å². The van der Waals surface area contributed by atoms with Gasteiger partial charge in [-0.1, -0.05) is 90.6 Å². The molecule has 4 aromatic rings. The van der Waals surface area contributed by atoms with Crippen LogP contribution < -0.4 is 5.11 Å². The second kappa shape index (κ2) is 7.60. The summed E-state index contributed by atoms with van der Waals surface area (Å²) >= 11 is 1.09. The van der Waals surface area contributed by atoms with E-state index < -0.39 is 11.2 Å². The number of thioether (sulfide) groups is 1. The third kappa shape index (κ3) is 3.68. The Hall–Kier alpha value is -3.18. The molecule has 4 nitrogen and oxygen atoms in total. The van der Waals surface area contributed by atoms with Gasteiger partial charge in [0.15, 0.2) is 5.16 Å². The van der Waals surface area contributed by atoms with Gasteiger partial charge in [-0.3, -0.25) is 0 Å². The summed E-state index contributed by atoms with van der Waals surface area (Å²) in [6, 6.07) is 26.6. The highest BCUT2D eigenvalue weighted by Gasteiger charge is 2.18. The maximum Gasteiger partial charge on any atom is 0.189 e. The van der Waals surface area contributed by atoms with Crippen molar-refractivity contribution in [2.45, 2.75) is 10.4 Å². The van der Waals surface area contributed by atoms with Crippen molar-refractivity contribution in [2.24, 2.45) is 0 Å². The number of para-hydroxylation sites is 1. The summed E-state index contributed by atoms with van der Waals surface area (Å²) < 4.78 is 0. The SMILES string of the molecule is O=C([O-])[C@@H](Sc1nc(-c2ccccc2)c2ccccc2n1)c1ccccc1. The van der Waals surface area contributed by atoms with Crippen molar-refractivity contribution in [3.8, 4) is 11.3 Å². The summed E-state index contributed by atoms with van der Waals surface area (Å²) in [5.74, 6) is -1.16. The van der Waals surface area contributed by atoms with Gasteiger partial charge in [0.1, 0.15) is 0 Å². The first kappa shape index (κ1) is 17.2. The Morgan fingerprint density at radius 3 is 2.15 bits per heavy atom. The molecule has 0 N–H and O–H groups in total. The van der Waals surface area contributed by atoms with E-state index in [1.165, 1.54) is 0 Å². The number of fused-ring (bicyclic) bond motifs is 1. The van der Waals surface area contributed by atoms with Crippen LogP contribution in [0.3, 0.4) is 0 Å². The van der Waals surface area contributed by atoms with Gasteiger partial charge < -0.3 is 9.90 Å². The molecule has 0 aliphatic carbocycles. The van der Waals surface area contributed by atoms with Crippen molar-refractivity contribution in [1.82, 2.24) is 9.97 Å². The number of carbonyl (C=O) groups is 1. The average molecular weight is 371 g/mol. The van der Waals surface area contributed by atoms with Crippen LogP contribution >= 0.6 is 11.8 Å². The van der Waals surface area contributed by atoms with Gasteiger partial charge in [-0.15, -0.1) is 0 Å². The summed E-state index contributed by atoms with van der Waals surface area (Å²) in [5.41, 5.74) is 3.18. The molecule has 0 spiro atoms. The van der Waals surface area contributed by atoms with E-state index in [4.69, 9.17) is 0 Å². The second-order valence-corrected chi connectivity index (χ2v) is 7.04. The molecule has 3 aromatic carbocycles. The Morgan fingerprint density at radius 1 is 0.815 bits per heavy atom. The first-order chi connectivity index (χ1) is 13.2. The minimum atomic E-state index is -1.16. The molecule has 27 heavy (non-hydrogen) atoms. The number of rotatable bonds is 5. The lowest BCUT2D eigenvalue weighted by Crippen LogP contribution is -2.28. The van der Waals surface area contributed by atoms with Crippen molar-refractivity contribution in [2.75, 3.05) is 0 Å². The number of hydrogen-bond donors (Lipinski definition) is 0. The highest BCUT2D eigenvalue weighted by Crippen LogP contribution is 2.35. The Morgan fingerprint density at radius 2 is 1.44 bits per heavy atom. The second-order valence-electron chi connectivity index (χ2n) is 5.97. The first-order valence-corrected chi connectivity index (χ1v) is 9.35. The summed E-state index contributed by atoms with van der Waals surface area (Å²) in [4.78, 5) is 21.0. The van der Waals surface area contributed by atoms with Crippen LogP contribution in [0.2, 0.25) is 0 Å². The zero-order valence-electron chi connectivity index (χ0n) is 14.3. The van der Waals surface area contributed by atoms with E-state index in [2.05, 4.69) is 9.97 Å². The third-order valence-corrected chi connectivity index (χ3v) is 5.26. The molecule has 0 bridgehead atoms. The van der Waals surface area contributed by atoms with Crippen molar-refractivity contribution in [3.05, 3.63) is 90.5 Å². The van der Waals surface area contributed by atoms with Gasteiger partial charge >= 0.3 is 0 Å². The molecule has 1 heterocycles. The molecule has 0 radical (unpaired) electrons. The van der Waals surface area contributed by atoms with Gasteiger partial charge in [0.2, 0.25) is 0 Å². The smallest absolute Gasteiger partial charge is 0.189 e. The highest BCUT2D eigenvalue weighted by atomic mass is 32.2. The third-order valence-electron chi connectivity index (χ3n) is 4.17. The fraction of sp³-hybridized carbons (Fsp3) is 0.0455. The van der Waals surface area contributed by atoms with E-state index in [0.29, 0.717) is 10.7 Å². The number of aliphatic carboxylic acids is 1. The van der Waals surface area contributed by atoms with Crippen molar-refractivity contribution >= 4 is 28.6 Å². The van der Waals surface area contributed by atoms with Crippen LogP contribution in [0, 0.1) is 0 Å². The van der Waals surface area contributed by atoms with Crippen molar-refractivity contribution in [1.29, 1.82) is 0 Å². The number of benzene rings is 3. The van der Waals surface area contributed by atoms with E-state index in [0.717, 1.165) is 33.9 Å². The minimum absolute atomic E-state index is 0.408. The Kier molecular flexibility index (Phi) is 4.85. The van der Waals surface area contributed by atoms with Crippen molar-refractivity contribution in [3.63, 3.8) is 0 Å². The zero-order valence-corrected chi connectivity index (χ0v) is 15.1. The molecule has 4 rings (SSSR count). The number of carboxylic acids is 1. The van der Waals surface area contributed by atoms with Crippen LogP contribution in [0.15, 0.2) is 90.1 Å². The molecule has 132 valence electrons. The molecule has 5 heteroatoms. The van der Waals surface area contributed by atoms with Crippen LogP contribution in [0.4, 0.5) is 0 Å². The molecule has 0 aliphatic rings. The number of carboxylic acid groups (broad SMARTS) is 1. The average Bonchev–Trinajstić information content (AvgIpc) is 2.72. The molecule has 0 fully saturated rings. The lowest BCUT2D eigenvalue weighted by Gasteiger charge is -2.18. The summed E-state index contributed by atoms with van der Waals surface area (Å²) in [7, 11) is 0. The number of aromatic nitrogens is 2. The largest absolute Gasteiger partial charge is 0.549 e. The van der Waals surface area contributed by atoms with Crippen molar-refractivity contribution < 1.29 is 9.90 Å². The Balaban J connectivity index is 1.81. The number of carbonyl (C=O) groups excluding carboxylic acids is 1. The van der Waals surface area contributed by atoms with Crippen LogP contribution in [0.25, 0.3) is 22.2 Å². The van der Waals surface area contributed by atoms with Gasteiger partial charge in [0, 0.05) is 10.9 Å². The van der Waals surface area contributed by atoms with Crippen LogP contribution in [-0.2, 0) is 4.79 Å². The summed E-state index contributed by atoms with van der Waals surface area (Å²) in [6.07, 6.45) is 0. The molecule has 1 aromatic heterocycles. The fourth-order valence-corrected chi connectivity index (χ4v) is 3.80. The first-order valence-electron chi connectivity index (χ1n) is 8.47. The summed E-state index contributed by atoms with van der Waals surface area (Å²) in [5, 5.41) is 12.2. The highest BCUT2D eigenvalue weighted by molar-refractivity contribution is 8.00. The van der Waals surface area contributed by atoms with Gasteiger partial charge in [-0.05, 0) is 11.6 Å². The Labute approximate surface area is 160 Å². The monoisotopic (exact) mass is 371 g/mol. The number of nitrogens with zero attached hydrogens (tertiary/aromatic N) is 2. The van der Waals surface area contributed by atoms with Gasteiger partial charge in [-0.25, -0.2) is 9.97 Å². The zero-order chi connectivity index (χ0) is 18.6. The van der Waals surface area contributed by atoms with Gasteiger partial charge in [0.05, 0.1) is 22.4 Å². The van der Waals surface area contributed by atoms with E-state index >= 15 is 0 Å². The lowest BCUT2D eigenvalue weighted by molar-refractivity contribution is -0.305. The normalized spacial score (nSPS) is 12.0. The lowest BCUT2D eigenvalue weighted by atomic mass is 10.1. The van der Waals surface area contributed by atoms with Crippen LogP contribution in [-0.4, -0.2) is 15.9 Å². The van der Waals surface area contributed by atoms with Crippen LogP contribution in [0.1, 0.15) is 10.8 Å². The van der Waals surface area contributed by atoms with Crippen LogP contribution in [0.5, 0.6) is 0 Å². The van der Waals surface area contributed by atoms with Gasteiger partial charge in [-0.2, -0.15) is 0 Å². The predicted octanol–water partition coefficient (Wildman–Crippen LogP) is 3.88. The maximum atomic E-state index is 11.7. The summed E-state index contributed by atoms with van der Waals surface area (Å²) in [6.45, 7) is 0. The molecule has 1 atom stereocenters. The molecule has 0 aliphatic heterocycles. The molecule has 0 amide bonds. The number of hydrogen-bond acceptors (Lipinski definition) is 5. The quantitative estimate of drug-likeness (QED) is 0.393. The molecular formula is C22H15N2O2S-. The van der Waals surface area contributed by atoms with E-state index in [1.807, 2.05) is 72.8 Å². The molecule has 0 unspecified atom stereocenters. The molecule has 0 saturated carbocycles. The van der Waals surface area contributed by atoms with E-state index in [-0.39, 0.29) is 0 Å². The minimum Gasteiger partial charge on any atom is -0.549 e. The fourth-order valence-electron chi connectivity index (χ4n) is 2.91. The molecular weight excluding hydrogens is 356 g/mol. The van der Waals surface area contributed by atoms with E-state index in [1.54, 1.807) is 12.1 Å².